The molecule has 0 saturated carbocycles. The number of carboxylic acid groups (broad SMARTS) is 2. The van der Waals surface area contributed by atoms with Crippen LogP contribution in [0.15, 0.2) is 132 Å². The Balaban J connectivity index is -0.000000987. The van der Waals surface area contributed by atoms with Crippen molar-refractivity contribution in [2.75, 3.05) is 113 Å². The molecule has 8 rings (SSSR count). The van der Waals surface area contributed by atoms with E-state index in [2.05, 4.69) is 55.9 Å². The molecule has 7 aromatic rings. The molecule has 0 radical (unpaired) electrons. The summed E-state index contributed by atoms with van der Waals surface area (Å²) >= 11 is 4.51. The number of ether oxygens (including phenoxy) is 2. The molecule has 5 heterocycles. The molecule has 1 aliphatic heterocycles. The van der Waals surface area contributed by atoms with Gasteiger partial charge in [0, 0.05) is 104 Å². The van der Waals surface area contributed by atoms with Crippen LogP contribution in [0.25, 0.3) is 21.8 Å². The zero-order chi connectivity index (χ0) is 69.9. The molecule has 0 aliphatic carbocycles. The number of aliphatic hydroxyl groups excluding tert-OH is 2. The van der Waals surface area contributed by atoms with Crippen LogP contribution in [0.1, 0.15) is 98.3 Å². The van der Waals surface area contributed by atoms with Gasteiger partial charge in [0.05, 0.1) is 43.9 Å². The van der Waals surface area contributed by atoms with Gasteiger partial charge in [-0.15, -0.1) is 34.4 Å². The third-order valence-corrected chi connectivity index (χ3v) is 18.4. The number of aromatic hydroxyl groups is 1. The van der Waals surface area contributed by atoms with Crippen LogP contribution in [0.3, 0.4) is 0 Å². The van der Waals surface area contributed by atoms with Gasteiger partial charge >= 0.3 is 32.7 Å². The molecule has 0 bridgehead atoms. The lowest BCUT2D eigenvalue weighted by Gasteiger charge is -2.23. The number of aromatic nitrogens is 2. The van der Waals surface area contributed by atoms with Gasteiger partial charge in [0.2, 0.25) is 0 Å². The average Bonchev–Trinajstić information content (AvgIpc) is 1.07. The van der Waals surface area contributed by atoms with Crippen LogP contribution in [-0.4, -0.2) is 187 Å². The summed E-state index contributed by atoms with van der Waals surface area (Å²) in [6, 6.07) is 34.6. The topological polar surface area (TPSA) is 347 Å². The van der Waals surface area contributed by atoms with Crippen molar-refractivity contribution in [3.63, 3.8) is 0 Å². The molecule has 1 fully saturated rings. The number of nitrogens with one attached hydrogen (secondary N) is 2. The van der Waals surface area contributed by atoms with E-state index < -0.39 is 20.7 Å². The number of nitrogens with zero attached hydrogens (tertiary/aromatic N) is 3. The van der Waals surface area contributed by atoms with Gasteiger partial charge in [-0.3, -0.25) is 24.4 Å². The number of para-hydroxylation sites is 3. The number of likely N-dealkylation sites (tertiary alicyclic amines) is 1. The smallest absolute Gasteiger partial charge is 0.500 e. The number of phenolic OH excluding ortho intramolecular Hbond substituents is 1. The number of carboxylic acids is 2. The molecule has 94 heavy (non-hydrogen) atoms. The zero-order valence-corrected chi connectivity index (χ0v) is 59.6. The van der Waals surface area contributed by atoms with Crippen LogP contribution in [0.2, 0.25) is 6.04 Å². The molecule has 13 N–H and O–H groups in total. The number of aliphatic carboxylic acids is 1. The summed E-state index contributed by atoms with van der Waals surface area (Å²) < 4.78 is 24.4. The van der Waals surface area contributed by atoms with Gasteiger partial charge in [-0.25, -0.2) is 4.79 Å². The van der Waals surface area contributed by atoms with Gasteiger partial charge in [-0.05, 0) is 138 Å². The monoisotopic (exact) mass is 1390 g/mol. The Morgan fingerprint density at radius 3 is 1.70 bits per heavy atom. The summed E-state index contributed by atoms with van der Waals surface area (Å²) in [6.07, 6.45) is 12.8. The molecule has 1 aliphatic rings. The predicted octanol–water partition coefficient (Wildman–Crippen LogP) is 10.6. The van der Waals surface area contributed by atoms with Crippen LogP contribution >= 0.6 is 34.4 Å². The van der Waals surface area contributed by atoms with E-state index in [9.17, 15) is 24.3 Å². The molecule has 0 amide bonds. The quantitative estimate of drug-likeness (QED) is 0.0116. The highest BCUT2D eigenvalue weighted by atomic mass is 32.2. The van der Waals surface area contributed by atoms with Crippen molar-refractivity contribution in [3.8, 4) is 5.75 Å². The van der Waals surface area contributed by atoms with Gasteiger partial charge in [-0.1, -0.05) is 101 Å². The number of rotatable bonds is 24. The fourth-order valence-electron chi connectivity index (χ4n) is 7.49. The lowest BCUT2D eigenvalue weighted by atomic mass is 10.1. The number of aliphatic hydroxyl groups is 2. The van der Waals surface area contributed by atoms with Gasteiger partial charge in [0.15, 0.2) is 0 Å². The average molecular weight is 1390 g/mol. The van der Waals surface area contributed by atoms with E-state index in [1.165, 1.54) is 80.8 Å². The Bertz CT molecular complexity index is 2890. The van der Waals surface area contributed by atoms with E-state index in [1.807, 2.05) is 104 Å². The molecular formula is C68H110N8O14S3Si. The lowest BCUT2D eigenvalue weighted by Crippen LogP contribution is -2.42. The summed E-state index contributed by atoms with van der Waals surface area (Å²) in [5.74, 6) is -1.13. The van der Waals surface area contributed by atoms with Crippen LogP contribution < -0.4 is 27.8 Å². The van der Waals surface area contributed by atoms with Crippen molar-refractivity contribution in [2.24, 2.45) is 11.5 Å². The Labute approximate surface area is 572 Å². The van der Waals surface area contributed by atoms with E-state index in [1.54, 1.807) is 75.4 Å². The summed E-state index contributed by atoms with van der Waals surface area (Å²) in [6.45, 7) is 9.57. The second-order valence-corrected chi connectivity index (χ2v) is 25.9. The first-order valence-electron chi connectivity index (χ1n) is 30.5. The summed E-state index contributed by atoms with van der Waals surface area (Å²) in [5, 5.41) is 55.3. The minimum absolute atomic E-state index is 0. The third-order valence-electron chi connectivity index (χ3n) is 12.8. The fraction of sp³-hybridized carbons (Fsp3) is 0.471. The number of nitrogens with two attached hydrogens (primary N) is 3. The first-order valence-corrected chi connectivity index (χ1v) is 35.4. The summed E-state index contributed by atoms with van der Waals surface area (Å²) in [5.41, 5.74) is 19.5. The van der Waals surface area contributed by atoms with E-state index in [0.717, 1.165) is 65.3 Å². The van der Waals surface area contributed by atoms with E-state index in [0.29, 0.717) is 48.9 Å². The second-order valence-electron chi connectivity index (χ2n) is 19.6. The molecule has 22 nitrogen and oxygen atoms in total. The molecule has 26 heteroatoms. The first kappa shape index (κ1) is 91.7. The number of nitrogen functional groups attached to an aromatic ring is 1. The van der Waals surface area contributed by atoms with Gasteiger partial charge in [0.25, 0.3) is 0 Å². The second kappa shape index (κ2) is 61.4. The number of pyridine rings is 2. The Morgan fingerprint density at radius 1 is 0.713 bits per heavy atom. The highest BCUT2D eigenvalue weighted by molar-refractivity contribution is 7.99. The van der Waals surface area contributed by atoms with Crippen molar-refractivity contribution >= 4 is 94.6 Å². The maximum atomic E-state index is 10.8. The van der Waals surface area contributed by atoms with E-state index in [-0.39, 0.29) is 49.5 Å². The normalized spacial score (nSPS) is 11.6. The fourth-order valence-corrected chi connectivity index (χ4v) is 11.4. The number of esters is 2. The Hall–Kier alpha value is -6.47. The van der Waals surface area contributed by atoms with E-state index >= 15 is 0 Å². The number of methoxy groups -OCH3 is 2. The highest BCUT2D eigenvalue weighted by Gasteiger charge is 2.36. The number of benzene rings is 3. The molecular weight excluding hydrogens is 1280 g/mol. The minimum atomic E-state index is -2.32. The number of thiophene rings is 2. The molecule has 3 aromatic carbocycles. The van der Waals surface area contributed by atoms with E-state index in [4.69, 9.17) is 50.9 Å². The maximum Gasteiger partial charge on any atom is 0.500 e. The summed E-state index contributed by atoms with van der Waals surface area (Å²) in [7, 11) is 11.2. The molecule has 1 unspecified atom stereocenters. The van der Waals surface area contributed by atoms with Crippen molar-refractivity contribution in [3.05, 3.63) is 153 Å². The number of hydrogen-bond acceptors (Lipinski definition) is 23. The third kappa shape index (κ3) is 45.0. The SMILES string of the molecule is C.CCCC.CN1CCCC1CCO.CNCCCNC.COC(=O)CCSCC(=O)OC.CO[Si](CCCN)(OC)OC.NCc1ccccc1N.O=C(O)Cc1cccs1.O=C(O)c1cccc2cccnc12.OCCc1cccs1.Oc1cccc2cccnc12. The highest BCUT2D eigenvalue weighted by Crippen LogP contribution is 2.21. The summed E-state index contributed by atoms with van der Waals surface area (Å²) in [4.78, 5) is 54.5. The Kier molecular flexibility index (Phi) is 59.9. The molecule has 1 atom stereocenters. The number of phenols is 1. The van der Waals surface area contributed by atoms with Gasteiger partial charge < -0.3 is 81.0 Å². The predicted molar refractivity (Wildman–Crippen MR) is 390 cm³/mol. The van der Waals surface area contributed by atoms with Crippen molar-refractivity contribution in [2.45, 2.75) is 104 Å². The zero-order valence-electron chi connectivity index (χ0n) is 56.1. The molecule has 1 saturated heterocycles. The maximum absolute atomic E-state index is 10.8. The molecule has 0 spiro atoms. The lowest BCUT2D eigenvalue weighted by molar-refractivity contribution is -0.140. The molecule has 528 valence electrons. The van der Waals surface area contributed by atoms with Crippen molar-refractivity contribution in [1.82, 2.24) is 25.5 Å². The number of fused-ring (bicyclic) bond motifs is 2. The van der Waals surface area contributed by atoms with Crippen molar-refractivity contribution < 1.29 is 67.5 Å². The van der Waals surface area contributed by atoms with Gasteiger partial charge in [0.1, 0.15) is 11.3 Å². The Morgan fingerprint density at radius 2 is 1.27 bits per heavy atom. The van der Waals surface area contributed by atoms with Crippen LogP contribution in [-0.2, 0) is 56.5 Å². The van der Waals surface area contributed by atoms with Crippen LogP contribution in [0.5, 0.6) is 5.75 Å². The number of thioether (sulfide) groups is 1. The largest absolute Gasteiger partial charge is 0.506 e. The number of aromatic carboxylic acids is 1. The molecule has 4 aromatic heterocycles. The number of unbranched alkanes of at least 4 members (excludes halogenated alkanes) is 1. The number of anilines is 1. The minimum Gasteiger partial charge on any atom is -0.506 e. The number of carbonyl (C=O) groups excluding carboxylic acids is 2. The van der Waals surface area contributed by atoms with Crippen LogP contribution in [0, 0.1) is 0 Å². The standard InChI is InChI=1S/C10H7NO2.C9H7NO.C7H10N2.C7H15NO.C7H12O4S.C6H17NO3Si.C6H6O2S.C6H8OS.C5H14N2.C4H10.CH4/c12-10(13)8-5-1-3-7-4-2-6-11-9(7)8;11-8-5-1-3-7-4-2-6-10-9(7)8;8-5-6-3-1-2-4-7(6)9;1-8-5-2-3-7(8)4-6-9;1-10-6(8)3-4-12-5-7(9)11-2;1-8-11(9-2,10-3)6-4-5-7;7-6(8)4-5-2-1-3-9-5;7-4-3-6-2-1-5-8-6;1-6-4-3-5-7-2;1-3-4-2;/h1-6H,(H,12,13);1-6,11H;1-4H,5,8-9H2;7,9H,2-6H2,1H3;3-5H2,1-2H3;4-7H2,1-3H3;1-3H,4H2,(H,7,8);1-2,5,7H,3-4H2;6-7H,3-5H2,1-2H3;3-4H2,1-2H3;1H4. The van der Waals surface area contributed by atoms with Crippen molar-refractivity contribution in [1.29, 1.82) is 0 Å². The van der Waals surface area contributed by atoms with Crippen LogP contribution in [0.4, 0.5) is 5.69 Å². The number of hydrogen-bond donors (Lipinski definition) is 10. The first-order chi connectivity index (χ1) is 44.8. The number of carbonyl (C=O) groups is 4. The van der Waals surface area contributed by atoms with Gasteiger partial charge in [-0.2, -0.15) is 0 Å².